The summed E-state index contributed by atoms with van der Waals surface area (Å²) >= 11 is 0. The Bertz CT molecular complexity index is 429. The number of hydrogen-bond donors (Lipinski definition) is 1. The summed E-state index contributed by atoms with van der Waals surface area (Å²) in [6, 6.07) is 7.28. The Hall–Kier alpha value is -0.890. The van der Waals surface area contributed by atoms with Crippen molar-refractivity contribution in [3.63, 3.8) is 0 Å². The van der Waals surface area contributed by atoms with Gasteiger partial charge < -0.3 is 5.32 Å². The first-order chi connectivity index (χ1) is 8.85. The van der Waals surface area contributed by atoms with Crippen molar-refractivity contribution in [2.45, 2.75) is 46.0 Å². The van der Waals surface area contributed by atoms with Crippen LogP contribution in [0, 0.1) is 17.2 Å². The third kappa shape index (κ3) is 3.17. The summed E-state index contributed by atoms with van der Waals surface area (Å²) in [4.78, 5) is 0. The zero-order valence-corrected chi connectivity index (χ0v) is 12.6. The van der Waals surface area contributed by atoms with Gasteiger partial charge in [-0.25, -0.2) is 4.39 Å². The van der Waals surface area contributed by atoms with E-state index in [0.29, 0.717) is 11.3 Å². The fourth-order valence-corrected chi connectivity index (χ4v) is 3.68. The Balaban J connectivity index is 2.15. The van der Waals surface area contributed by atoms with Gasteiger partial charge in [-0.2, -0.15) is 0 Å². The number of halogens is 1. The van der Waals surface area contributed by atoms with E-state index in [1.54, 1.807) is 12.1 Å². The molecule has 1 fully saturated rings. The number of rotatable bonds is 5. The molecule has 106 valence electrons. The molecule has 2 heteroatoms. The Kier molecular flexibility index (Phi) is 4.00. The molecule has 0 unspecified atom stereocenters. The van der Waals surface area contributed by atoms with Crippen molar-refractivity contribution in [2.24, 2.45) is 11.3 Å². The largest absolute Gasteiger partial charge is 0.316 e. The maximum atomic E-state index is 14.1. The summed E-state index contributed by atoms with van der Waals surface area (Å²) in [5.41, 5.74) is 1.22. The van der Waals surface area contributed by atoms with Gasteiger partial charge in [0.1, 0.15) is 5.82 Å². The first-order valence-corrected chi connectivity index (χ1v) is 7.30. The minimum atomic E-state index is -0.0515. The van der Waals surface area contributed by atoms with E-state index in [-0.39, 0.29) is 11.2 Å². The molecular formula is C17H26FN. The van der Waals surface area contributed by atoms with Gasteiger partial charge in [0.2, 0.25) is 0 Å². The predicted molar refractivity (Wildman–Crippen MR) is 78.8 cm³/mol. The minimum Gasteiger partial charge on any atom is -0.316 e. The van der Waals surface area contributed by atoms with Gasteiger partial charge in [-0.15, -0.1) is 0 Å². The zero-order valence-electron chi connectivity index (χ0n) is 12.6. The molecule has 1 N–H and O–H groups in total. The molecule has 0 aliphatic heterocycles. The lowest BCUT2D eigenvalue weighted by atomic mass is 9.52. The summed E-state index contributed by atoms with van der Waals surface area (Å²) in [5, 5.41) is 3.52. The standard InChI is InChI=1S/C17H26FN/c1-13(2)9-19-12-17(10-16(3,4)11-17)14-7-5-6-8-15(14)18/h5-8,13,19H,9-12H2,1-4H3. The number of nitrogens with one attached hydrogen (secondary N) is 1. The molecule has 19 heavy (non-hydrogen) atoms. The maximum Gasteiger partial charge on any atom is 0.127 e. The average molecular weight is 263 g/mol. The van der Waals surface area contributed by atoms with Gasteiger partial charge in [0.15, 0.2) is 0 Å². The molecule has 2 rings (SSSR count). The van der Waals surface area contributed by atoms with Crippen LogP contribution < -0.4 is 5.32 Å². The summed E-state index contributed by atoms with van der Waals surface area (Å²) in [5.74, 6) is 0.579. The highest BCUT2D eigenvalue weighted by Crippen LogP contribution is 2.55. The fourth-order valence-electron chi connectivity index (χ4n) is 3.68. The molecule has 1 saturated carbocycles. The van der Waals surface area contributed by atoms with Gasteiger partial charge in [-0.05, 0) is 42.3 Å². The highest BCUT2D eigenvalue weighted by Gasteiger charge is 2.50. The third-order valence-electron chi connectivity index (χ3n) is 4.10. The van der Waals surface area contributed by atoms with Crippen LogP contribution in [0.3, 0.4) is 0 Å². The lowest BCUT2D eigenvalue weighted by molar-refractivity contribution is 0.0531. The first kappa shape index (κ1) is 14.5. The molecule has 0 aromatic heterocycles. The molecule has 1 aromatic carbocycles. The fraction of sp³-hybridized carbons (Fsp3) is 0.647. The van der Waals surface area contributed by atoms with E-state index in [4.69, 9.17) is 0 Å². The van der Waals surface area contributed by atoms with E-state index in [9.17, 15) is 4.39 Å². The van der Waals surface area contributed by atoms with Crippen LogP contribution in [0.2, 0.25) is 0 Å². The zero-order chi connectivity index (χ0) is 14.1. The summed E-state index contributed by atoms with van der Waals surface area (Å²) in [6.07, 6.45) is 2.12. The highest BCUT2D eigenvalue weighted by molar-refractivity contribution is 5.32. The highest BCUT2D eigenvalue weighted by atomic mass is 19.1. The van der Waals surface area contributed by atoms with Crippen LogP contribution in [0.4, 0.5) is 4.39 Å². The second-order valence-electron chi connectivity index (χ2n) is 7.30. The van der Waals surface area contributed by atoms with Gasteiger partial charge in [0.05, 0.1) is 0 Å². The van der Waals surface area contributed by atoms with Gasteiger partial charge in [-0.1, -0.05) is 45.9 Å². The summed E-state index contributed by atoms with van der Waals surface area (Å²) in [6.45, 7) is 10.8. The quantitative estimate of drug-likeness (QED) is 0.842. The second kappa shape index (κ2) is 5.24. The summed E-state index contributed by atoms with van der Waals surface area (Å²) < 4.78 is 14.1. The average Bonchev–Trinajstić information content (AvgIpc) is 2.26. The molecule has 0 amide bonds. The third-order valence-corrected chi connectivity index (χ3v) is 4.10. The van der Waals surface area contributed by atoms with E-state index in [1.165, 1.54) is 0 Å². The maximum absolute atomic E-state index is 14.1. The van der Waals surface area contributed by atoms with Crippen molar-refractivity contribution in [3.05, 3.63) is 35.6 Å². The van der Waals surface area contributed by atoms with Gasteiger partial charge in [-0.3, -0.25) is 0 Å². The monoisotopic (exact) mass is 263 g/mol. The molecule has 0 spiro atoms. The second-order valence-corrected chi connectivity index (χ2v) is 7.30. The van der Waals surface area contributed by atoms with Crippen molar-refractivity contribution in [1.29, 1.82) is 0 Å². The molecule has 0 radical (unpaired) electrons. The van der Waals surface area contributed by atoms with Crippen molar-refractivity contribution in [2.75, 3.05) is 13.1 Å². The van der Waals surface area contributed by atoms with E-state index in [2.05, 4.69) is 33.0 Å². The molecule has 0 atom stereocenters. The van der Waals surface area contributed by atoms with Crippen molar-refractivity contribution in [1.82, 2.24) is 5.32 Å². The van der Waals surface area contributed by atoms with Crippen LogP contribution in [0.25, 0.3) is 0 Å². The van der Waals surface area contributed by atoms with Crippen molar-refractivity contribution >= 4 is 0 Å². The Morgan fingerprint density at radius 2 is 1.84 bits per heavy atom. The summed E-state index contributed by atoms with van der Waals surface area (Å²) in [7, 11) is 0. The van der Waals surface area contributed by atoms with E-state index < -0.39 is 0 Å². The van der Waals surface area contributed by atoms with E-state index >= 15 is 0 Å². The number of benzene rings is 1. The predicted octanol–water partition coefficient (Wildman–Crippen LogP) is 4.13. The lowest BCUT2D eigenvalue weighted by Gasteiger charge is -2.54. The molecular weight excluding hydrogens is 237 g/mol. The SMILES string of the molecule is CC(C)CNCC1(c2ccccc2F)CC(C)(C)C1. The van der Waals surface area contributed by atoms with E-state index in [0.717, 1.165) is 31.5 Å². The van der Waals surface area contributed by atoms with Crippen LogP contribution in [0.1, 0.15) is 46.1 Å². The molecule has 1 aliphatic carbocycles. The van der Waals surface area contributed by atoms with Crippen LogP contribution >= 0.6 is 0 Å². The van der Waals surface area contributed by atoms with Crippen LogP contribution in [0.5, 0.6) is 0 Å². The van der Waals surface area contributed by atoms with E-state index in [1.807, 2.05) is 12.1 Å². The Labute approximate surface area is 116 Å². The molecule has 0 saturated heterocycles. The van der Waals surface area contributed by atoms with Gasteiger partial charge in [0, 0.05) is 12.0 Å². The lowest BCUT2D eigenvalue weighted by Crippen LogP contribution is -2.53. The van der Waals surface area contributed by atoms with Crippen LogP contribution in [0.15, 0.2) is 24.3 Å². The molecule has 0 heterocycles. The molecule has 1 nitrogen and oxygen atoms in total. The normalized spacial score (nSPS) is 20.3. The molecule has 0 bridgehead atoms. The van der Waals surface area contributed by atoms with Crippen LogP contribution in [-0.4, -0.2) is 13.1 Å². The topological polar surface area (TPSA) is 12.0 Å². The Morgan fingerprint density at radius 1 is 1.21 bits per heavy atom. The van der Waals surface area contributed by atoms with Crippen LogP contribution in [-0.2, 0) is 5.41 Å². The smallest absolute Gasteiger partial charge is 0.127 e. The number of hydrogen-bond acceptors (Lipinski definition) is 1. The molecule has 1 aromatic rings. The van der Waals surface area contributed by atoms with Crippen molar-refractivity contribution < 1.29 is 4.39 Å². The molecule has 1 aliphatic rings. The first-order valence-electron chi connectivity index (χ1n) is 7.30. The minimum absolute atomic E-state index is 0.0102. The Morgan fingerprint density at radius 3 is 2.37 bits per heavy atom. The van der Waals surface area contributed by atoms with Gasteiger partial charge >= 0.3 is 0 Å². The van der Waals surface area contributed by atoms with Crippen molar-refractivity contribution in [3.8, 4) is 0 Å². The van der Waals surface area contributed by atoms with Gasteiger partial charge in [0.25, 0.3) is 0 Å².